The molecule has 2 aromatic carbocycles. The molecule has 4 rings (SSSR count). The quantitative estimate of drug-likeness (QED) is 0.717. The summed E-state index contributed by atoms with van der Waals surface area (Å²) in [5, 5.41) is 5.72. The predicted molar refractivity (Wildman–Crippen MR) is 105 cm³/mol. The highest BCUT2D eigenvalue weighted by Crippen LogP contribution is 2.29. The van der Waals surface area contributed by atoms with E-state index >= 15 is 0 Å². The smallest absolute Gasteiger partial charge is 0.251 e. The first kappa shape index (κ1) is 18.0. The molecule has 3 aromatic rings. The molecule has 28 heavy (non-hydrogen) atoms. The van der Waals surface area contributed by atoms with Gasteiger partial charge in [-0.1, -0.05) is 36.4 Å². The fourth-order valence-corrected chi connectivity index (χ4v) is 3.56. The van der Waals surface area contributed by atoms with Crippen LogP contribution >= 0.6 is 0 Å². The number of aromatic nitrogens is 1. The Labute approximate surface area is 163 Å². The topological polar surface area (TPSA) is 84.2 Å². The highest BCUT2D eigenvalue weighted by atomic mass is 16.3. The third kappa shape index (κ3) is 3.96. The molecule has 142 valence electrons. The molecule has 0 bridgehead atoms. The Morgan fingerprint density at radius 2 is 1.93 bits per heavy atom. The van der Waals surface area contributed by atoms with Gasteiger partial charge in [0.05, 0.1) is 18.8 Å². The van der Waals surface area contributed by atoms with Crippen molar-refractivity contribution >= 4 is 11.8 Å². The number of benzene rings is 2. The maximum Gasteiger partial charge on any atom is 0.251 e. The van der Waals surface area contributed by atoms with Gasteiger partial charge in [-0.15, -0.1) is 0 Å². The molecule has 0 aliphatic heterocycles. The van der Waals surface area contributed by atoms with Gasteiger partial charge in [0.2, 0.25) is 5.91 Å². The number of carbonyl (C=O) groups excluding carboxylic acids is 2. The van der Waals surface area contributed by atoms with Gasteiger partial charge in [0.25, 0.3) is 5.91 Å². The van der Waals surface area contributed by atoms with Crippen molar-refractivity contribution in [3.05, 3.63) is 77.8 Å². The van der Waals surface area contributed by atoms with Gasteiger partial charge in [-0.2, -0.15) is 0 Å². The average molecular weight is 375 g/mol. The first-order chi connectivity index (χ1) is 13.7. The summed E-state index contributed by atoms with van der Waals surface area (Å²) in [5.41, 5.74) is 3.79. The summed E-state index contributed by atoms with van der Waals surface area (Å²) in [5.74, 6) is 0.163. The number of aryl methyl sites for hydroxylation is 1. The molecule has 1 aliphatic carbocycles. The molecule has 2 amide bonds. The minimum Gasteiger partial charge on any atom is -0.444 e. The van der Waals surface area contributed by atoms with Crippen LogP contribution in [0.15, 0.2) is 65.5 Å². The first-order valence-corrected chi connectivity index (χ1v) is 9.35. The van der Waals surface area contributed by atoms with E-state index in [-0.39, 0.29) is 24.4 Å². The van der Waals surface area contributed by atoms with E-state index in [4.69, 9.17) is 4.42 Å². The molecule has 1 aromatic heterocycles. The monoisotopic (exact) mass is 375 g/mol. The van der Waals surface area contributed by atoms with E-state index in [1.54, 1.807) is 30.5 Å². The van der Waals surface area contributed by atoms with Crippen LogP contribution in [0.1, 0.15) is 40.4 Å². The molecule has 0 saturated carbocycles. The van der Waals surface area contributed by atoms with Crippen molar-refractivity contribution in [2.75, 3.05) is 6.54 Å². The lowest BCUT2D eigenvalue weighted by atomic mass is 9.88. The van der Waals surface area contributed by atoms with Gasteiger partial charge in [-0.05, 0) is 42.5 Å². The average Bonchev–Trinajstić information content (AvgIpc) is 3.27. The van der Waals surface area contributed by atoms with Crippen LogP contribution in [0.25, 0.3) is 11.3 Å². The highest BCUT2D eigenvalue weighted by Gasteiger charge is 2.21. The summed E-state index contributed by atoms with van der Waals surface area (Å²) >= 11 is 0. The molecule has 6 heteroatoms. The van der Waals surface area contributed by atoms with Crippen LogP contribution in [0.3, 0.4) is 0 Å². The summed E-state index contributed by atoms with van der Waals surface area (Å²) in [7, 11) is 0. The van der Waals surface area contributed by atoms with Crippen molar-refractivity contribution in [1.29, 1.82) is 0 Å². The fraction of sp³-hybridized carbons (Fsp3) is 0.227. The molecular weight excluding hydrogens is 354 g/mol. The summed E-state index contributed by atoms with van der Waals surface area (Å²) in [6.07, 6.45) is 5.98. The zero-order chi connectivity index (χ0) is 19.3. The Bertz CT molecular complexity index is 965. The number of oxazole rings is 1. The van der Waals surface area contributed by atoms with Gasteiger partial charge >= 0.3 is 0 Å². The second kappa shape index (κ2) is 8.08. The number of fused-ring (bicyclic) bond motifs is 1. The van der Waals surface area contributed by atoms with E-state index in [1.807, 2.05) is 12.1 Å². The van der Waals surface area contributed by atoms with Gasteiger partial charge in [-0.3, -0.25) is 9.59 Å². The lowest BCUT2D eigenvalue weighted by Crippen LogP contribution is -2.39. The van der Waals surface area contributed by atoms with Crippen LogP contribution in [0.5, 0.6) is 0 Å². The minimum absolute atomic E-state index is 0.00976. The van der Waals surface area contributed by atoms with Gasteiger partial charge in [-0.25, -0.2) is 4.98 Å². The number of hydrogen-bond donors (Lipinski definition) is 2. The Balaban J connectivity index is 1.32. The van der Waals surface area contributed by atoms with Crippen LogP contribution in [-0.4, -0.2) is 23.3 Å². The van der Waals surface area contributed by atoms with Crippen molar-refractivity contribution in [3.63, 3.8) is 0 Å². The van der Waals surface area contributed by atoms with Gasteiger partial charge < -0.3 is 15.1 Å². The Morgan fingerprint density at radius 1 is 1.11 bits per heavy atom. The van der Waals surface area contributed by atoms with E-state index in [2.05, 4.69) is 27.8 Å². The Kier molecular flexibility index (Phi) is 5.19. The van der Waals surface area contributed by atoms with Gasteiger partial charge in [0, 0.05) is 11.1 Å². The zero-order valence-electron chi connectivity index (χ0n) is 15.4. The molecule has 1 atom stereocenters. The van der Waals surface area contributed by atoms with Crippen LogP contribution in [-0.2, 0) is 11.2 Å². The van der Waals surface area contributed by atoms with Crippen molar-refractivity contribution in [2.24, 2.45) is 0 Å². The molecule has 1 heterocycles. The predicted octanol–water partition coefficient (Wildman–Crippen LogP) is 3.27. The first-order valence-electron chi connectivity index (χ1n) is 9.35. The Morgan fingerprint density at radius 3 is 2.71 bits per heavy atom. The highest BCUT2D eigenvalue weighted by molar-refractivity contribution is 5.96. The number of rotatable bonds is 5. The van der Waals surface area contributed by atoms with Crippen LogP contribution in [0.4, 0.5) is 0 Å². The summed E-state index contributed by atoms with van der Waals surface area (Å²) in [6.45, 7) is -0.0542. The molecule has 1 aliphatic rings. The molecule has 0 spiro atoms. The molecule has 6 nitrogen and oxygen atoms in total. The van der Waals surface area contributed by atoms with Crippen LogP contribution < -0.4 is 10.6 Å². The van der Waals surface area contributed by atoms with Crippen LogP contribution in [0, 0.1) is 0 Å². The largest absolute Gasteiger partial charge is 0.444 e. The van der Waals surface area contributed by atoms with Crippen molar-refractivity contribution < 1.29 is 14.0 Å². The fourth-order valence-electron chi connectivity index (χ4n) is 3.56. The lowest BCUT2D eigenvalue weighted by Gasteiger charge is -2.26. The summed E-state index contributed by atoms with van der Waals surface area (Å²) in [4.78, 5) is 28.5. The maximum absolute atomic E-state index is 12.3. The zero-order valence-corrected chi connectivity index (χ0v) is 15.4. The maximum atomic E-state index is 12.3. The summed E-state index contributed by atoms with van der Waals surface area (Å²) in [6, 6.07) is 15.2. The number of carbonyl (C=O) groups is 2. The second-order valence-corrected chi connectivity index (χ2v) is 6.84. The number of amides is 2. The number of nitrogens with zero attached hydrogens (tertiary/aromatic N) is 1. The molecule has 2 N–H and O–H groups in total. The van der Waals surface area contributed by atoms with E-state index in [0.717, 1.165) is 24.8 Å². The van der Waals surface area contributed by atoms with E-state index in [0.29, 0.717) is 11.3 Å². The van der Waals surface area contributed by atoms with Gasteiger partial charge in [0.1, 0.15) is 0 Å². The van der Waals surface area contributed by atoms with Gasteiger partial charge in [0.15, 0.2) is 12.2 Å². The number of hydrogen-bond acceptors (Lipinski definition) is 4. The minimum atomic E-state index is -0.289. The third-order valence-electron chi connectivity index (χ3n) is 4.98. The Hall–Kier alpha value is -3.41. The van der Waals surface area contributed by atoms with E-state index < -0.39 is 0 Å². The SMILES string of the molecule is O=C(CNC(=O)c1ccc(-c2cnco2)cc1)NC1CCCc2ccccc21. The van der Waals surface area contributed by atoms with Crippen molar-refractivity contribution in [3.8, 4) is 11.3 Å². The molecule has 0 fully saturated rings. The summed E-state index contributed by atoms with van der Waals surface area (Å²) < 4.78 is 5.23. The molecular formula is C22H21N3O3. The van der Waals surface area contributed by atoms with Crippen LogP contribution in [0.2, 0.25) is 0 Å². The molecule has 1 unspecified atom stereocenters. The third-order valence-corrected chi connectivity index (χ3v) is 4.98. The normalized spacial score (nSPS) is 15.5. The van der Waals surface area contributed by atoms with E-state index in [1.165, 1.54) is 17.5 Å². The second-order valence-electron chi connectivity index (χ2n) is 6.84. The van der Waals surface area contributed by atoms with Crippen molar-refractivity contribution in [1.82, 2.24) is 15.6 Å². The number of nitrogens with one attached hydrogen (secondary N) is 2. The standard InChI is InChI=1S/C22H21N3O3/c26-21(25-19-7-3-5-15-4-1-2-6-18(15)19)13-24-22(27)17-10-8-16(9-11-17)20-12-23-14-28-20/h1-2,4,6,8-12,14,19H,3,5,7,13H2,(H,24,27)(H,25,26). The molecule has 0 radical (unpaired) electrons. The van der Waals surface area contributed by atoms with Crippen molar-refractivity contribution in [2.45, 2.75) is 25.3 Å². The lowest BCUT2D eigenvalue weighted by molar-refractivity contribution is -0.121. The van der Waals surface area contributed by atoms with E-state index in [9.17, 15) is 9.59 Å². The molecule has 0 saturated heterocycles.